The molecule has 1 amide bonds. The Balaban J connectivity index is 1.37. The number of nitrogens with one attached hydrogen (secondary N) is 1. The van der Waals surface area contributed by atoms with Gasteiger partial charge in [0.2, 0.25) is 5.91 Å². The summed E-state index contributed by atoms with van der Waals surface area (Å²) >= 11 is -1.39. The molecule has 0 spiro atoms. The van der Waals surface area contributed by atoms with Gasteiger partial charge in [-0.25, -0.2) is 4.21 Å². The second-order valence-electron chi connectivity index (χ2n) is 16.6. The Morgan fingerprint density at radius 3 is 2.24 bits per heavy atom. The molecule has 3 aliphatic rings. The molecule has 1 aromatic carbocycles. The minimum atomic E-state index is -1.39. The number of piperidine rings is 3. The smallest absolute Gasteiger partial charge is 0.220 e. The number of fused-ring (bicyclic) bond motifs is 4. The maximum atomic E-state index is 14.5. The molecule has 8 heteroatoms. The highest BCUT2D eigenvalue weighted by atomic mass is 32.2. The van der Waals surface area contributed by atoms with Crippen molar-refractivity contribution in [1.82, 2.24) is 15.2 Å². The predicted octanol–water partition coefficient (Wildman–Crippen LogP) is 10.6. The van der Waals surface area contributed by atoms with Gasteiger partial charge < -0.3 is 10.1 Å². The fraction of sp³-hybridized carbons (Fsp3) is 0.767. The first-order valence-corrected chi connectivity index (χ1v) is 21.8. The summed E-state index contributed by atoms with van der Waals surface area (Å²) in [7, 11) is 1.71. The summed E-state index contributed by atoms with van der Waals surface area (Å²) in [5, 5.41) is 4.15. The van der Waals surface area contributed by atoms with Crippen LogP contribution >= 0.6 is 0 Å². The number of pyridine rings is 1. The molecule has 3 fully saturated rings. The maximum Gasteiger partial charge on any atom is 0.220 e. The van der Waals surface area contributed by atoms with Gasteiger partial charge in [0.05, 0.1) is 17.9 Å². The lowest BCUT2D eigenvalue weighted by Crippen LogP contribution is -2.55. The monoisotopic (exact) mass is 726 g/mol. The zero-order chi connectivity index (χ0) is 36.6. The van der Waals surface area contributed by atoms with Gasteiger partial charge in [0.15, 0.2) is 11.1 Å². The first-order chi connectivity index (χ1) is 24.6. The molecule has 5 rings (SSSR count). The summed E-state index contributed by atoms with van der Waals surface area (Å²) in [6.45, 7) is 12.9. The van der Waals surface area contributed by atoms with Crippen LogP contribution in [0.3, 0.4) is 0 Å². The number of rotatable bonds is 24. The van der Waals surface area contributed by atoms with Crippen LogP contribution in [0, 0.1) is 11.8 Å². The van der Waals surface area contributed by atoms with Crippen molar-refractivity contribution in [3.63, 3.8) is 0 Å². The molecular weight excluding hydrogens is 655 g/mol. The first-order valence-electron chi connectivity index (χ1n) is 20.7. The molecular formula is C43H71N3O4S. The lowest BCUT2D eigenvalue weighted by Gasteiger charge is -2.52. The number of ether oxygens (including phenoxy) is 1. The highest BCUT2D eigenvalue weighted by Gasteiger charge is 2.44. The van der Waals surface area contributed by atoms with E-state index in [2.05, 4.69) is 41.2 Å². The van der Waals surface area contributed by atoms with Crippen LogP contribution in [0.5, 0.6) is 5.75 Å². The molecule has 3 saturated heterocycles. The second-order valence-corrected chi connectivity index (χ2v) is 17.9. The van der Waals surface area contributed by atoms with Crippen molar-refractivity contribution in [2.24, 2.45) is 11.8 Å². The molecule has 2 bridgehead atoms. The van der Waals surface area contributed by atoms with Crippen LogP contribution in [0.2, 0.25) is 0 Å². The Kier molecular flexibility index (Phi) is 17.7. The Morgan fingerprint density at radius 1 is 0.961 bits per heavy atom. The fourth-order valence-corrected chi connectivity index (χ4v) is 9.81. The topological polar surface area (TPSA) is 80.8 Å². The molecule has 2 aromatic rings. The largest absolute Gasteiger partial charge is 0.497 e. The molecule has 288 valence electrons. The normalized spacial score (nSPS) is 22.2. The number of unbranched alkanes of at least 4 members (excludes halogenated alkanes) is 11. The third-order valence-corrected chi connectivity index (χ3v) is 12.8. The van der Waals surface area contributed by atoms with Crippen molar-refractivity contribution in [2.75, 3.05) is 20.2 Å². The van der Waals surface area contributed by atoms with E-state index in [1.807, 2.05) is 39.1 Å². The first kappa shape index (κ1) is 41.7. The van der Waals surface area contributed by atoms with E-state index in [1.54, 1.807) is 7.11 Å². The van der Waals surface area contributed by atoms with E-state index in [1.165, 1.54) is 70.6 Å². The third-order valence-electron chi connectivity index (χ3n) is 11.4. The molecule has 0 radical (unpaired) electrons. The van der Waals surface area contributed by atoms with E-state index < -0.39 is 11.1 Å². The zero-order valence-electron chi connectivity index (χ0n) is 33.1. The van der Waals surface area contributed by atoms with Crippen LogP contribution in [0.15, 0.2) is 30.5 Å². The van der Waals surface area contributed by atoms with Gasteiger partial charge in [0, 0.05) is 36.1 Å². The molecule has 3 aliphatic heterocycles. The van der Waals surface area contributed by atoms with E-state index in [0.29, 0.717) is 12.3 Å². The molecule has 0 saturated carbocycles. The number of aromatic nitrogens is 1. The average Bonchev–Trinajstić information content (AvgIpc) is 3.12. The van der Waals surface area contributed by atoms with Crippen LogP contribution in [-0.4, -0.2) is 57.0 Å². The van der Waals surface area contributed by atoms with Crippen molar-refractivity contribution in [2.45, 2.75) is 180 Å². The SMILES string of the molecule is CCCCCCCC(CCCCCCCCCCC(=O)NC(C)(C)C)S(=O)O[C@H](c1ccnc2ccc(OC)cc12)[C@@H]1C[C@@H]2CCN1C[C@@H]2CC. The predicted molar refractivity (Wildman–Crippen MR) is 213 cm³/mol. The number of carbonyl (C=O) groups excluding carboxylic acids is 1. The van der Waals surface area contributed by atoms with Crippen molar-refractivity contribution in [3.05, 3.63) is 36.0 Å². The standard InChI is InChI=1S/C43H71N3O4S/c1-7-9-10-15-18-21-36(22-19-16-13-11-12-14-17-20-23-41(47)45-43(3,4)5)51(48)50-42(40-30-34-27-29-46(40)32-33(34)8-2)37-26-28-44-39-25-24-35(49-6)31-38(37)39/h24-26,28,31,33-34,36,40,42H,7-23,27,29-30,32H2,1-6H3,(H,45,47)/t33-,34-,36?,40-,42+,51?/m0/s1. The number of nitrogens with zero attached hydrogens (tertiary/aromatic N) is 2. The van der Waals surface area contributed by atoms with Crippen molar-refractivity contribution >= 4 is 27.9 Å². The average molecular weight is 726 g/mol. The number of benzene rings is 1. The summed E-state index contributed by atoms with van der Waals surface area (Å²) in [5.74, 6) is 2.42. The van der Waals surface area contributed by atoms with E-state index in [9.17, 15) is 9.00 Å². The van der Waals surface area contributed by atoms with Crippen molar-refractivity contribution < 1.29 is 17.9 Å². The summed E-state index contributed by atoms with van der Waals surface area (Å²) in [4.78, 5) is 19.4. The Bertz CT molecular complexity index is 1350. The summed E-state index contributed by atoms with van der Waals surface area (Å²) in [5.41, 5.74) is 1.86. The number of hydrogen-bond acceptors (Lipinski definition) is 6. The molecule has 7 atom stereocenters. The summed E-state index contributed by atoms with van der Waals surface area (Å²) in [6.07, 6.45) is 23.0. The van der Waals surface area contributed by atoms with Gasteiger partial charge in [0.1, 0.15) is 11.9 Å². The van der Waals surface area contributed by atoms with Crippen LogP contribution in [0.1, 0.15) is 168 Å². The van der Waals surface area contributed by atoms with Crippen LogP contribution in [-0.2, 0) is 20.1 Å². The quantitative estimate of drug-likeness (QED) is 0.109. The van der Waals surface area contributed by atoms with Gasteiger partial charge in [-0.1, -0.05) is 97.3 Å². The van der Waals surface area contributed by atoms with Gasteiger partial charge in [-0.2, -0.15) is 0 Å². The minimum absolute atomic E-state index is 0.0511. The zero-order valence-corrected chi connectivity index (χ0v) is 33.9. The van der Waals surface area contributed by atoms with Crippen LogP contribution in [0.4, 0.5) is 0 Å². The Hall–Kier alpha value is -2.03. The van der Waals surface area contributed by atoms with Gasteiger partial charge in [0.25, 0.3) is 0 Å². The maximum absolute atomic E-state index is 14.5. The molecule has 1 N–H and O–H groups in total. The van der Waals surface area contributed by atoms with E-state index in [4.69, 9.17) is 8.92 Å². The summed E-state index contributed by atoms with van der Waals surface area (Å²) in [6, 6.07) is 8.39. The van der Waals surface area contributed by atoms with Crippen LogP contribution < -0.4 is 10.1 Å². The highest BCUT2D eigenvalue weighted by Crippen LogP contribution is 2.45. The van der Waals surface area contributed by atoms with Crippen molar-refractivity contribution in [1.29, 1.82) is 0 Å². The van der Waals surface area contributed by atoms with Gasteiger partial charge in [-0.05, 0) is 101 Å². The molecule has 1 aromatic heterocycles. The molecule has 51 heavy (non-hydrogen) atoms. The third kappa shape index (κ3) is 13.4. The molecule has 0 aliphatic carbocycles. The molecule has 7 nitrogen and oxygen atoms in total. The fourth-order valence-electron chi connectivity index (χ4n) is 8.49. The minimum Gasteiger partial charge on any atom is -0.497 e. The highest BCUT2D eigenvalue weighted by molar-refractivity contribution is 7.80. The van der Waals surface area contributed by atoms with Gasteiger partial charge >= 0.3 is 0 Å². The summed E-state index contributed by atoms with van der Waals surface area (Å²) < 4.78 is 27.0. The Labute approximate surface area is 313 Å². The number of amides is 1. The molecule has 3 unspecified atom stereocenters. The van der Waals surface area contributed by atoms with Crippen molar-refractivity contribution in [3.8, 4) is 5.75 Å². The lowest BCUT2D eigenvalue weighted by molar-refractivity contribution is -0.122. The number of carbonyl (C=O) groups is 1. The van der Waals surface area contributed by atoms with E-state index in [0.717, 1.165) is 86.2 Å². The number of hydrogen-bond donors (Lipinski definition) is 1. The van der Waals surface area contributed by atoms with Crippen LogP contribution in [0.25, 0.3) is 10.9 Å². The van der Waals surface area contributed by atoms with Gasteiger partial charge in [-0.3, -0.25) is 18.9 Å². The molecule has 4 heterocycles. The second kappa shape index (κ2) is 21.6. The van der Waals surface area contributed by atoms with E-state index >= 15 is 0 Å². The van der Waals surface area contributed by atoms with E-state index in [-0.39, 0.29) is 28.8 Å². The van der Waals surface area contributed by atoms with Gasteiger partial charge in [-0.15, -0.1) is 0 Å². The Morgan fingerprint density at radius 2 is 1.63 bits per heavy atom. The number of methoxy groups -OCH3 is 1. The lowest BCUT2D eigenvalue weighted by atomic mass is 9.72.